The zero-order chi connectivity index (χ0) is 23.0. The van der Waals surface area contributed by atoms with Gasteiger partial charge in [-0.2, -0.15) is 13.2 Å². The van der Waals surface area contributed by atoms with Crippen molar-refractivity contribution in [1.29, 1.82) is 0 Å². The third kappa shape index (κ3) is 4.71. The second kappa shape index (κ2) is 8.67. The highest BCUT2D eigenvalue weighted by atomic mass is 35.5. The van der Waals surface area contributed by atoms with Gasteiger partial charge in [-0.05, 0) is 31.7 Å². The number of imidazole rings is 1. The van der Waals surface area contributed by atoms with Crippen molar-refractivity contribution in [3.63, 3.8) is 0 Å². The number of pyridine rings is 1. The summed E-state index contributed by atoms with van der Waals surface area (Å²) in [5, 5.41) is 16.5. The van der Waals surface area contributed by atoms with E-state index in [-0.39, 0.29) is 59.0 Å². The SMILES string of the molecule is O=C(N[C@H]1CC[C@H](C(F)(F)F)CC1)c1cc2nc(Nc3c(Cl)cncc3Cl)[nH]c2cc1O. The van der Waals surface area contributed by atoms with Gasteiger partial charge in [-0.25, -0.2) is 4.98 Å². The van der Waals surface area contributed by atoms with Crippen LogP contribution in [0.5, 0.6) is 5.75 Å². The summed E-state index contributed by atoms with van der Waals surface area (Å²) in [6, 6.07) is 2.36. The third-order valence-electron chi connectivity index (χ3n) is 5.47. The van der Waals surface area contributed by atoms with Gasteiger partial charge >= 0.3 is 6.18 Å². The molecule has 1 aromatic carbocycles. The summed E-state index contributed by atoms with van der Waals surface area (Å²) in [5.41, 5.74) is 1.21. The number of amides is 1. The van der Waals surface area contributed by atoms with Gasteiger partial charge in [-0.1, -0.05) is 23.2 Å². The van der Waals surface area contributed by atoms with Gasteiger partial charge in [-0.3, -0.25) is 9.78 Å². The average molecular weight is 488 g/mol. The van der Waals surface area contributed by atoms with Crippen molar-refractivity contribution in [1.82, 2.24) is 20.3 Å². The van der Waals surface area contributed by atoms with E-state index in [9.17, 15) is 23.1 Å². The van der Waals surface area contributed by atoms with E-state index in [1.54, 1.807) is 0 Å². The average Bonchev–Trinajstić information content (AvgIpc) is 3.11. The number of carbonyl (C=O) groups is 1. The van der Waals surface area contributed by atoms with Crippen LogP contribution in [0.25, 0.3) is 11.0 Å². The number of alkyl halides is 3. The van der Waals surface area contributed by atoms with E-state index in [0.717, 1.165) is 0 Å². The van der Waals surface area contributed by atoms with Gasteiger partial charge in [0.1, 0.15) is 5.75 Å². The maximum atomic E-state index is 12.8. The first-order chi connectivity index (χ1) is 15.1. The number of nitrogens with one attached hydrogen (secondary N) is 3. The Morgan fingerprint density at radius 3 is 2.41 bits per heavy atom. The molecule has 7 nitrogen and oxygen atoms in total. The lowest BCUT2D eigenvalue weighted by molar-refractivity contribution is -0.182. The largest absolute Gasteiger partial charge is 0.507 e. The van der Waals surface area contributed by atoms with Gasteiger partial charge < -0.3 is 20.7 Å². The molecule has 4 rings (SSSR count). The number of hydrogen-bond donors (Lipinski definition) is 4. The Hall–Kier alpha value is -2.72. The van der Waals surface area contributed by atoms with E-state index in [4.69, 9.17) is 23.2 Å². The van der Waals surface area contributed by atoms with Crippen LogP contribution in [0.1, 0.15) is 36.0 Å². The molecule has 1 fully saturated rings. The fraction of sp³-hybridized carbons (Fsp3) is 0.350. The molecule has 2 aromatic heterocycles. The standard InChI is InChI=1S/C20H18Cl2F3N5O2/c21-12-7-26-8-13(22)17(12)30-19-28-14-5-11(16(31)6-15(14)29-19)18(32)27-10-3-1-9(2-4-10)20(23,24)25/h5-10,31H,1-4H2,(H,27,32)(H2,26,28,29,30)/t9-,10-. The maximum Gasteiger partial charge on any atom is 0.391 e. The summed E-state index contributed by atoms with van der Waals surface area (Å²) in [4.78, 5) is 23.8. The molecule has 4 N–H and O–H groups in total. The number of aromatic nitrogens is 3. The van der Waals surface area contributed by atoms with Gasteiger partial charge in [-0.15, -0.1) is 0 Å². The predicted octanol–water partition coefficient (Wildman–Crippen LogP) is 5.56. The molecule has 0 spiro atoms. The molecule has 1 amide bonds. The van der Waals surface area contributed by atoms with Crippen LogP contribution in [-0.4, -0.2) is 38.2 Å². The minimum atomic E-state index is -4.21. The molecule has 1 aliphatic rings. The molecule has 12 heteroatoms. The van der Waals surface area contributed by atoms with E-state index >= 15 is 0 Å². The fourth-order valence-corrected chi connectivity index (χ4v) is 4.22. The zero-order valence-electron chi connectivity index (χ0n) is 16.4. The molecule has 0 unspecified atom stereocenters. The molecular weight excluding hydrogens is 470 g/mol. The van der Waals surface area contributed by atoms with Gasteiger partial charge in [0.2, 0.25) is 5.95 Å². The Morgan fingerprint density at radius 2 is 1.78 bits per heavy atom. The fourth-order valence-electron chi connectivity index (χ4n) is 3.76. The summed E-state index contributed by atoms with van der Waals surface area (Å²) < 4.78 is 38.5. The summed E-state index contributed by atoms with van der Waals surface area (Å²) in [6.07, 6.45) is -1.01. The Balaban J connectivity index is 1.49. The normalized spacial score (nSPS) is 19.2. The zero-order valence-corrected chi connectivity index (χ0v) is 17.9. The van der Waals surface area contributed by atoms with Crippen LogP contribution >= 0.6 is 23.2 Å². The number of phenolic OH excluding ortho intramolecular Hbond substituents is 1. The van der Waals surface area contributed by atoms with Crippen molar-refractivity contribution in [2.45, 2.75) is 37.9 Å². The number of aromatic hydroxyl groups is 1. The smallest absolute Gasteiger partial charge is 0.391 e. The number of phenols is 1. The third-order valence-corrected chi connectivity index (χ3v) is 6.04. The number of halogens is 5. The molecule has 0 radical (unpaired) electrons. The first-order valence-corrected chi connectivity index (χ1v) is 10.5. The number of fused-ring (bicyclic) bond motifs is 1. The van der Waals surface area contributed by atoms with Crippen LogP contribution < -0.4 is 10.6 Å². The van der Waals surface area contributed by atoms with E-state index in [1.807, 2.05) is 0 Å². The number of anilines is 2. The summed E-state index contributed by atoms with van der Waals surface area (Å²) in [6.45, 7) is 0. The van der Waals surface area contributed by atoms with Crippen LogP contribution in [-0.2, 0) is 0 Å². The van der Waals surface area contributed by atoms with Gasteiger partial charge in [0, 0.05) is 24.5 Å². The first kappa shape index (κ1) is 22.5. The molecule has 32 heavy (non-hydrogen) atoms. The van der Waals surface area contributed by atoms with Crippen molar-refractivity contribution in [3.8, 4) is 5.75 Å². The Labute approximate surface area is 190 Å². The highest BCUT2D eigenvalue weighted by molar-refractivity contribution is 6.39. The lowest BCUT2D eigenvalue weighted by Gasteiger charge is -2.30. The highest BCUT2D eigenvalue weighted by Crippen LogP contribution is 2.38. The van der Waals surface area contributed by atoms with Gasteiger partial charge in [0.25, 0.3) is 5.91 Å². The van der Waals surface area contributed by atoms with Crippen LogP contribution in [0.15, 0.2) is 24.5 Å². The Kier molecular flexibility index (Phi) is 6.09. The van der Waals surface area contributed by atoms with Gasteiger partial charge in [0.05, 0.1) is 38.2 Å². The number of H-pyrrole nitrogens is 1. The van der Waals surface area contributed by atoms with Gasteiger partial charge in [0.15, 0.2) is 0 Å². The Morgan fingerprint density at radius 1 is 1.12 bits per heavy atom. The minimum absolute atomic E-state index is 0.0199. The molecule has 0 saturated heterocycles. The molecule has 1 aliphatic carbocycles. The highest BCUT2D eigenvalue weighted by Gasteiger charge is 2.41. The lowest BCUT2D eigenvalue weighted by Crippen LogP contribution is -2.40. The molecule has 2 heterocycles. The number of rotatable bonds is 4. The lowest BCUT2D eigenvalue weighted by atomic mass is 9.85. The number of hydrogen-bond acceptors (Lipinski definition) is 5. The van der Waals surface area contributed by atoms with E-state index < -0.39 is 18.0 Å². The predicted molar refractivity (Wildman–Crippen MR) is 115 cm³/mol. The molecule has 0 bridgehead atoms. The van der Waals surface area contributed by atoms with Crippen LogP contribution in [0.2, 0.25) is 10.0 Å². The topological polar surface area (TPSA) is 103 Å². The first-order valence-electron chi connectivity index (χ1n) is 9.78. The molecule has 0 atom stereocenters. The van der Waals surface area contributed by atoms with E-state index in [0.29, 0.717) is 16.7 Å². The molecule has 1 saturated carbocycles. The number of aromatic amines is 1. The van der Waals surface area contributed by atoms with Crippen molar-refractivity contribution >= 4 is 51.8 Å². The summed E-state index contributed by atoms with van der Waals surface area (Å²) >= 11 is 12.2. The summed E-state index contributed by atoms with van der Waals surface area (Å²) in [7, 11) is 0. The van der Waals surface area contributed by atoms with E-state index in [1.165, 1.54) is 24.5 Å². The number of carbonyl (C=O) groups excluding carboxylic acids is 1. The van der Waals surface area contributed by atoms with Crippen molar-refractivity contribution in [2.24, 2.45) is 5.92 Å². The monoisotopic (exact) mass is 487 g/mol. The molecule has 3 aromatic rings. The van der Waals surface area contributed by atoms with Crippen molar-refractivity contribution in [3.05, 3.63) is 40.1 Å². The number of nitrogens with zero attached hydrogens (tertiary/aromatic N) is 2. The van der Waals surface area contributed by atoms with Crippen LogP contribution in [0.3, 0.4) is 0 Å². The minimum Gasteiger partial charge on any atom is -0.507 e. The molecular formula is C20H18Cl2F3N5O2. The maximum absolute atomic E-state index is 12.8. The molecule has 170 valence electrons. The Bertz CT molecular complexity index is 1140. The quantitative estimate of drug-likeness (QED) is 0.385. The van der Waals surface area contributed by atoms with Crippen LogP contribution in [0.4, 0.5) is 24.8 Å². The second-order valence-electron chi connectivity index (χ2n) is 7.64. The molecule has 0 aliphatic heterocycles. The van der Waals surface area contributed by atoms with Crippen LogP contribution in [0, 0.1) is 5.92 Å². The van der Waals surface area contributed by atoms with Crippen molar-refractivity contribution in [2.75, 3.05) is 5.32 Å². The number of benzene rings is 1. The summed E-state index contributed by atoms with van der Waals surface area (Å²) in [5.74, 6) is -1.91. The second-order valence-corrected chi connectivity index (χ2v) is 8.45. The van der Waals surface area contributed by atoms with Crippen molar-refractivity contribution < 1.29 is 23.1 Å². The van der Waals surface area contributed by atoms with E-state index in [2.05, 4.69) is 25.6 Å².